The lowest BCUT2D eigenvalue weighted by atomic mass is 10.2. The minimum absolute atomic E-state index is 0.388. The van der Waals surface area contributed by atoms with E-state index >= 15 is 0 Å². The molecule has 25 heavy (non-hydrogen) atoms. The maximum absolute atomic E-state index is 5.82. The summed E-state index contributed by atoms with van der Waals surface area (Å²) in [5.41, 5.74) is 1.27. The molecule has 0 aliphatic rings. The third-order valence-electron chi connectivity index (χ3n) is 3.75. The Morgan fingerprint density at radius 2 is 1.68 bits per heavy atom. The summed E-state index contributed by atoms with van der Waals surface area (Å²) < 4.78 is 13.1. The first-order valence-corrected chi connectivity index (χ1v) is 9.14. The summed E-state index contributed by atoms with van der Waals surface area (Å²) in [5, 5.41) is 9.52. The van der Waals surface area contributed by atoms with Crippen LogP contribution in [0.4, 0.5) is 0 Å². The molecule has 3 aromatic rings. The molecule has 0 bridgehead atoms. The lowest BCUT2D eigenvalue weighted by molar-refractivity contribution is 0.287. The average molecular weight is 355 g/mol. The molecule has 0 atom stereocenters. The number of ether oxygens (including phenoxy) is 2. The lowest BCUT2D eigenvalue weighted by Gasteiger charge is -2.09. The van der Waals surface area contributed by atoms with Crippen molar-refractivity contribution in [3.8, 4) is 11.5 Å². The summed E-state index contributed by atoms with van der Waals surface area (Å²) in [6.07, 6.45) is 0. The van der Waals surface area contributed by atoms with Crippen LogP contribution in [0.15, 0.2) is 59.8 Å². The van der Waals surface area contributed by atoms with E-state index in [0.717, 1.165) is 34.8 Å². The van der Waals surface area contributed by atoms with Gasteiger partial charge in [-0.15, -0.1) is 10.2 Å². The Bertz CT molecular complexity index is 788. The Morgan fingerprint density at radius 1 is 0.960 bits per heavy atom. The molecule has 130 valence electrons. The standard InChI is InChI=1S/C19H21N3O2S/c1-3-22-18(13-24-17-11-9-16(23-2)10-12-17)20-21-19(22)25-14-15-7-5-4-6-8-15/h4-12H,3,13-14H2,1-2H3. The molecule has 0 saturated heterocycles. The van der Waals surface area contributed by atoms with Crippen molar-refractivity contribution in [2.75, 3.05) is 7.11 Å². The minimum atomic E-state index is 0.388. The van der Waals surface area contributed by atoms with Crippen LogP contribution in [0.3, 0.4) is 0 Å². The Balaban J connectivity index is 1.62. The summed E-state index contributed by atoms with van der Waals surface area (Å²) in [4.78, 5) is 0. The zero-order valence-electron chi connectivity index (χ0n) is 14.4. The minimum Gasteiger partial charge on any atom is -0.497 e. The molecule has 1 heterocycles. The van der Waals surface area contributed by atoms with E-state index in [-0.39, 0.29) is 0 Å². The molecule has 0 aliphatic carbocycles. The second-order valence-corrected chi connectivity index (χ2v) is 6.32. The van der Waals surface area contributed by atoms with Gasteiger partial charge in [0.1, 0.15) is 18.1 Å². The van der Waals surface area contributed by atoms with Crippen molar-refractivity contribution in [3.63, 3.8) is 0 Å². The van der Waals surface area contributed by atoms with Gasteiger partial charge in [-0.25, -0.2) is 0 Å². The SMILES string of the molecule is CCn1c(COc2ccc(OC)cc2)nnc1SCc1ccccc1. The first kappa shape index (κ1) is 17.4. The summed E-state index contributed by atoms with van der Waals surface area (Å²) in [6, 6.07) is 17.9. The first-order valence-electron chi connectivity index (χ1n) is 8.15. The third-order valence-corrected chi connectivity index (χ3v) is 4.79. The maximum Gasteiger partial charge on any atom is 0.191 e. The number of methoxy groups -OCH3 is 1. The molecular formula is C19H21N3O2S. The number of benzene rings is 2. The number of hydrogen-bond acceptors (Lipinski definition) is 5. The largest absolute Gasteiger partial charge is 0.497 e. The molecule has 5 nitrogen and oxygen atoms in total. The Morgan fingerprint density at radius 3 is 2.36 bits per heavy atom. The summed E-state index contributed by atoms with van der Waals surface area (Å²) in [5.74, 6) is 3.29. The van der Waals surface area contributed by atoms with Gasteiger partial charge in [-0.2, -0.15) is 0 Å². The topological polar surface area (TPSA) is 49.2 Å². The smallest absolute Gasteiger partial charge is 0.191 e. The highest BCUT2D eigenvalue weighted by atomic mass is 32.2. The highest BCUT2D eigenvalue weighted by Crippen LogP contribution is 2.23. The maximum atomic E-state index is 5.82. The number of hydrogen-bond donors (Lipinski definition) is 0. The number of aromatic nitrogens is 3. The molecule has 0 fully saturated rings. The fourth-order valence-electron chi connectivity index (χ4n) is 2.39. The summed E-state index contributed by atoms with van der Waals surface area (Å²) in [7, 11) is 1.65. The molecule has 0 amide bonds. The van der Waals surface area contributed by atoms with Crippen molar-refractivity contribution in [3.05, 3.63) is 66.0 Å². The zero-order valence-corrected chi connectivity index (χ0v) is 15.2. The van der Waals surface area contributed by atoms with Crippen LogP contribution in [0.25, 0.3) is 0 Å². The quantitative estimate of drug-likeness (QED) is 0.567. The summed E-state index contributed by atoms with van der Waals surface area (Å²) >= 11 is 1.69. The van der Waals surface area contributed by atoms with Gasteiger partial charge in [0.2, 0.25) is 0 Å². The van der Waals surface area contributed by atoms with E-state index in [2.05, 4.69) is 46.0 Å². The van der Waals surface area contributed by atoms with E-state index in [1.54, 1.807) is 18.9 Å². The van der Waals surface area contributed by atoms with E-state index in [4.69, 9.17) is 9.47 Å². The van der Waals surface area contributed by atoms with E-state index < -0.39 is 0 Å². The fraction of sp³-hybridized carbons (Fsp3) is 0.263. The van der Waals surface area contributed by atoms with Crippen molar-refractivity contribution in [1.82, 2.24) is 14.8 Å². The van der Waals surface area contributed by atoms with Crippen molar-refractivity contribution in [2.24, 2.45) is 0 Å². The molecule has 1 aromatic heterocycles. The molecule has 2 aromatic carbocycles. The van der Waals surface area contributed by atoms with Crippen molar-refractivity contribution >= 4 is 11.8 Å². The van der Waals surface area contributed by atoms with Gasteiger partial charge in [-0.3, -0.25) is 0 Å². The number of thioether (sulfide) groups is 1. The van der Waals surface area contributed by atoms with Gasteiger partial charge in [0.15, 0.2) is 11.0 Å². The van der Waals surface area contributed by atoms with Gasteiger partial charge >= 0.3 is 0 Å². The van der Waals surface area contributed by atoms with Crippen LogP contribution < -0.4 is 9.47 Å². The monoisotopic (exact) mass is 355 g/mol. The van der Waals surface area contributed by atoms with E-state index in [1.807, 2.05) is 30.3 Å². The average Bonchev–Trinajstić information content (AvgIpc) is 3.07. The van der Waals surface area contributed by atoms with Crippen LogP contribution in [0, 0.1) is 0 Å². The van der Waals surface area contributed by atoms with E-state index in [9.17, 15) is 0 Å². The van der Waals surface area contributed by atoms with Crippen LogP contribution in [0.2, 0.25) is 0 Å². The number of nitrogens with zero attached hydrogens (tertiary/aromatic N) is 3. The number of rotatable bonds is 8. The molecule has 0 aliphatic heterocycles. The second kappa shape index (κ2) is 8.58. The zero-order chi connectivity index (χ0) is 17.5. The molecule has 3 rings (SSSR count). The van der Waals surface area contributed by atoms with Gasteiger partial charge in [0.05, 0.1) is 7.11 Å². The van der Waals surface area contributed by atoms with Gasteiger partial charge in [-0.1, -0.05) is 42.1 Å². The lowest BCUT2D eigenvalue weighted by Crippen LogP contribution is -2.07. The molecule has 0 N–H and O–H groups in total. The molecule has 0 radical (unpaired) electrons. The Hall–Kier alpha value is -2.47. The normalized spacial score (nSPS) is 10.6. The van der Waals surface area contributed by atoms with Crippen LogP contribution in [0.1, 0.15) is 18.3 Å². The molecule has 0 saturated carbocycles. The van der Waals surface area contributed by atoms with Gasteiger partial charge in [-0.05, 0) is 36.8 Å². The summed E-state index contributed by atoms with van der Waals surface area (Å²) in [6.45, 7) is 3.29. The van der Waals surface area contributed by atoms with E-state index in [1.165, 1.54) is 5.56 Å². The van der Waals surface area contributed by atoms with Crippen molar-refractivity contribution < 1.29 is 9.47 Å². The first-order chi connectivity index (χ1) is 12.3. The predicted molar refractivity (Wildman–Crippen MR) is 99.0 cm³/mol. The highest BCUT2D eigenvalue weighted by molar-refractivity contribution is 7.98. The second-order valence-electron chi connectivity index (χ2n) is 5.38. The van der Waals surface area contributed by atoms with Crippen LogP contribution in [0.5, 0.6) is 11.5 Å². The van der Waals surface area contributed by atoms with Crippen LogP contribution >= 0.6 is 11.8 Å². The molecular weight excluding hydrogens is 334 g/mol. The van der Waals surface area contributed by atoms with Crippen LogP contribution in [-0.4, -0.2) is 21.9 Å². The Kier molecular flexibility index (Phi) is 5.95. The predicted octanol–water partition coefficient (Wildman–Crippen LogP) is 4.18. The third kappa shape index (κ3) is 4.54. The molecule has 6 heteroatoms. The van der Waals surface area contributed by atoms with Crippen LogP contribution in [-0.2, 0) is 18.9 Å². The Labute approximate surface area is 152 Å². The van der Waals surface area contributed by atoms with Crippen molar-refractivity contribution in [2.45, 2.75) is 31.0 Å². The van der Waals surface area contributed by atoms with Crippen molar-refractivity contribution in [1.29, 1.82) is 0 Å². The highest BCUT2D eigenvalue weighted by Gasteiger charge is 2.12. The molecule has 0 unspecified atom stereocenters. The molecule has 0 spiro atoms. The fourth-order valence-corrected chi connectivity index (χ4v) is 3.37. The van der Waals surface area contributed by atoms with Gasteiger partial charge in [0, 0.05) is 12.3 Å². The van der Waals surface area contributed by atoms with E-state index in [0.29, 0.717) is 6.61 Å². The van der Waals surface area contributed by atoms with Gasteiger partial charge < -0.3 is 14.0 Å². The van der Waals surface area contributed by atoms with Gasteiger partial charge in [0.25, 0.3) is 0 Å².